The molecule has 6 heteroatoms. The van der Waals surface area contributed by atoms with Gasteiger partial charge in [-0.15, -0.1) is 0 Å². The molecule has 116 valence electrons. The summed E-state index contributed by atoms with van der Waals surface area (Å²) >= 11 is 5.96. The van der Waals surface area contributed by atoms with Crippen LogP contribution in [0.4, 0.5) is 5.69 Å². The number of anilines is 1. The van der Waals surface area contributed by atoms with Crippen LogP contribution in [0.5, 0.6) is 0 Å². The van der Waals surface area contributed by atoms with Crippen molar-refractivity contribution in [1.82, 2.24) is 14.8 Å². The van der Waals surface area contributed by atoms with E-state index in [1.54, 1.807) is 16.9 Å². The maximum absolute atomic E-state index is 9.01. The molecular weight excluding hydrogens is 300 g/mol. The Morgan fingerprint density at radius 2 is 2.14 bits per heavy atom. The molecule has 2 heterocycles. The van der Waals surface area contributed by atoms with Gasteiger partial charge >= 0.3 is 0 Å². The fraction of sp³-hybridized carbons (Fsp3) is 0.375. The highest BCUT2D eigenvalue weighted by Crippen LogP contribution is 2.19. The third kappa shape index (κ3) is 4.23. The summed E-state index contributed by atoms with van der Waals surface area (Å²) in [6, 6.07) is 1.86. The first-order chi connectivity index (χ1) is 10.5. The van der Waals surface area contributed by atoms with Crippen LogP contribution in [-0.2, 0) is 7.05 Å². The molecule has 22 heavy (non-hydrogen) atoms. The van der Waals surface area contributed by atoms with Gasteiger partial charge in [0.25, 0.3) is 0 Å². The number of aliphatic hydroxyl groups excluding tert-OH is 1. The molecule has 0 aliphatic rings. The number of hydrogen-bond donors (Lipinski definition) is 2. The van der Waals surface area contributed by atoms with E-state index in [1.165, 1.54) is 0 Å². The molecule has 0 spiro atoms. The Bertz CT molecular complexity index is 715. The average Bonchev–Trinajstić information content (AvgIpc) is 2.76. The summed E-state index contributed by atoms with van der Waals surface area (Å²) in [6.07, 6.45) is 4.18. The summed E-state index contributed by atoms with van der Waals surface area (Å²) in [5.41, 5.74) is 3.35. The van der Waals surface area contributed by atoms with Gasteiger partial charge in [0.1, 0.15) is 5.15 Å². The fourth-order valence-corrected chi connectivity index (χ4v) is 2.20. The van der Waals surface area contributed by atoms with Crippen molar-refractivity contribution < 1.29 is 5.11 Å². The van der Waals surface area contributed by atoms with Crippen molar-refractivity contribution in [1.29, 1.82) is 0 Å². The van der Waals surface area contributed by atoms with Crippen molar-refractivity contribution in [3.8, 4) is 11.8 Å². The molecule has 0 saturated carbocycles. The molecule has 2 aromatic heterocycles. The van der Waals surface area contributed by atoms with Crippen molar-refractivity contribution in [2.24, 2.45) is 7.05 Å². The molecule has 0 aromatic carbocycles. The van der Waals surface area contributed by atoms with E-state index in [2.05, 4.69) is 27.2 Å². The molecule has 5 nitrogen and oxygen atoms in total. The van der Waals surface area contributed by atoms with Crippen molar-refractivity contribution in [2.45, 2.75) is 26.3 Å². The van der Waals surface area contributed by atoms with Gasteiger partial charge < -0.3 is 10.4 Å². The Labute approximate surface area is 135 Å². The van der Waals surface area contributed by atoms with Gasteiger partial charge in [-0.3, -0.25) is 4.68 Å². The lowest BCUT2D eigenvalue weighted by Gasteiger charge is -2.15. The quantitative estimate of drug-likeness (QED) is 0.671. The largest absolute Gasteiger partial charge is 0.396 e. The number of hydrogen-bond acceptors (Lipinski definition) is 4. The van der Waals surface area contributed by atoms with Crippen LogP contribution in [0.2, 0.25) is 5.15 Å². The summed E-state index contributed by atoms with van der Waals surface area (Å²) in [5, 5.41) is 17.0. The van der Waals surface area contributed by atoms with E-state index in [0.29, 0.717) is 11.6 Å². The standard InChI is InChI=1S/C16H19ClN4O/c1-11(6-7-22)19-15-8-16(17)18-9-13(15)4-5-14-10-21(3)20-12(14)2/h8-11,22H,6-7H2,1-3H3,(H,18,19)/t11-/m0/s1. The van der Waals surface area contributed by atoms with E-state index in [4.69, 9.17) is 16.7 Å². The Morgan fingerprint density at radius 1 is 1.41 bits per heavy atom. The highest BCUT2D eigenvalue weighted by molar-refractivity contribution is 6.29. The van der Waals surface area contributed by atoms with Gasteiger partial charge in [0.05, 0.1) is 22.5 Å². The normalized spacial score (nSPS) is 11.7. The number of rotatable bonds is 4. The summed E-state index contributed by atoms with van der Waals surface area (Å²) in [6.45, 7) is 4.04. The Kier molecular flexibility index (Phi) is 5.42. The van der Waals surface area contributed by atoms with E-state index in [9.17, 15) is 0 Å². The topological polar surface area (TPSA) is 63.0 Å². The van der Waals surface area contributed by atoms with Gasteiger partial charge in [-0.1, -0.05) is 23.4 Å². The number of aryl methyl sites for hydroxylation is 2. The maximum atomic E-state index is 9.01. The van der Waals surface area contributed by atoms with Crippen molar-refractivity contribution in [3.05, 3.63) is 40.4 Å². The number of nitrogens with one attached hydrogen (secondary N) is 1. The lowest BCUT2D eigenvalue weighted by Crippen LogP contribution is -2.17. The van der Waals surface area contributed by atoms with Crippen LogP contribution in [-0.4, -0.2) is 32.5 Å². The number of nitrogens with zero attached hydrogens (tertiary/aromatic N) is 3. The minimum Gasteiger partial charge on any atom is -0.396 e. The van der Waals surface area contributed by atoms with Gasteiger partial charge in [-0.05, 0) is 26.3 Å². The molecule has 1 atom stereocenters. The molecule has 0 aliphatic carbocycles. The fourth-order valence-electron chi connectivity index (χ4n) is 2.04. The van der Waals surface area contributed by atoms with Crippen molar-refractivity contribution in [3.63, 3.8) is 0 Å². The maximum Gasteiger partial charge on any atom is 0.131 e. The first-order valence-electron chi connectivity index (χ1n) is 7.05. The van der Waals surface area contributed by atoms with E-state index in [1.807, 2.05) is 27.1 Å². The summed E-state index contributed by atoms with van der Waals surface area (Å²) in [4.78, 5) is 4.09. The van der Waals surface area contributed by atoms with Crippen LogP contribution in [0, 0.1) is 18.8 Å². The van der Waals surface area contributed by atoms with Gasteiger partial charge in [0, 0.05) is 32.1 Å². The van der Waals surface area contributed by atoms with Gasteiger partial charge in [-0.2, -0.15) is 5.10 Å². The minimum absolute atomic E-state index is 0.115. The first-order valence-corrected chi connectivity index (χ1v) is 7.42. The molecule has 2 rings (SSSR count). The molecular formula is C16H19ClN4O. The Morgan fingerprint density at radius 3 is 2.77 bits per heavy atom. The minimum atomic E-state index is 0.115. The average molecular weight is 319 g/mol. The first kappa shape index (κ1) is 16.3. The van der Waals surface area contributed by atoms with Gasteiger partial charge in [0.2, 0.25) is 0 Å². The molecule has 0 amide bonds. The van der Waals surface area contributed by atoms with Crippen LogP contribution >= 0.6 is 11.6 Å². The molecule has 0 fully saturated rings. The SMILES string of the molecule is Cc1nn(C)cc1C#Cc1cnc(Cl)cc1N[C@@H](C)CCO. The molecule has 0 aliphatic heterocycles. The van der Waals surface area contributed by atoms with E-state index in [-0.39, 0.29) is 12.6 Å². The zero-order chi connectivity index (χ0) is 16.1. The van der Waals surface area contributed by atoms with Gasteiger partial charge in [0.15, 0.2) is 0 Å². The number of aromatic nitrogens is 3. The Balaban J connectivity index is 2.29. The monoisotopic (exact) mass is 318 g/mol. The van der Waals surface area contributed by atoms with Crippen LogP contribution in [0.15, 0.2) is 18.5 Å². The summed E-state index contributed by atoms with van der Waals surface area (Å²) in [7, 11) is 1.87. The zero-order valence-electron chi connectivity index (χ0n) is 12.9. The zero-order valence-corrected chi connectivity index (χ0v) is 13.6. The third-order valence-electron chi connectivity index (χ3n) is 3.18. The molecule has 2 N–H and O–H groups in total. The van der Waals surface area contributed by atoms with Crippen LogP contribution < -0.4 is 5.32 Å². The molecule has 0 saturated heterocycles. The second-order valence-electron chi connectivity index (χ2n) is 5.16. The number of aliphatic hydroxyl groups is 1. The molecule has 0 radical (unpaired) electrons. The van der Waals surface area contributed by atoms with E-state index in [0.717, 1.165) is 22.5 Å². The molecule has 2 aromatic rings. The van der Waals surface area contributed by atoms with E-state index < -0.39 is 0 Å². The second kappa shape index (κ2) is 7.30. The lowest BCUT2D eigenvalue weighted by molar-refractivity contribution is 0.282. The number of pyridine rings is 1. The van der Waals surface area contributed by atoms with Crippen LogP contribution in [0.3, 0.4) is 0 Å². The second-order valence-corrected chi connectivity index (χ2v) is 5.55. The van der Waals surface area contributed by atoms with Crippen molar-refractivity contribution >= 4 is 17.3 Å². The number of halogens is 1. The highest BCUT2D eigenvalue weighted by Gasteiger charge is 2.07. The highest BCUT2D eigenvalue weighted by atomic mass is 35.5. The molecule has 0 unspecified atom stereocenters. The lowest BCUT2D eigenvalue weighted by atomic mass is 10.1. The smallest absolute Gasteiger partial charge is 0.131 e. The summed E-state index contributed by atoms with van der Waals surface area (Å²) < 4.78 is 1.74. The molecule has 0 bridgehead atoms. The van der Waals surface area contributed by atoms with Crippen molar-refractivity contribution in [2.75, 3.05) is 11.9 Å². The summed E-state index contributed by atoms with van der Waals surface area (Å²) in [5.74, 6) is 6.22. The Hall–Kier alpha value is -2.03. The third-order valence-corrected chi connectivity index (χ3v) is 3.39. The van der Waals surface area contributed by atoms with Crippen LogP contribution in [0.1, 0.15) is 30.2 Å². The van der Waals surface area contributed by atoms with Crippen LogP contribution in [0.25, 0.3) is 0 Å². The predicted molar refractivity (Wildman–Crippen MR) is 88.0 cm³/mol. The predicted octanol–water partition coefficient (Wildman–Crippen LogP) is 2.36. The van der Waals surface area contributed by atoms with Gasteiger partial charge in [-0.25, -0.2) is 4.98 Å². The van der Waals surface area contributed by atoms with E-state index >= 15 is 0 Å².